The van der Waals surface area contributed by atoms with Crippen molar-refractivity contribution in [2.45, 2.75) is 81.7 Å². The van der Waals surface area contributed by atoms with Crippen molar-refractivity contribution >= 4 is 961 Å². The van der Waals surface area contributed by atoms with E-state index in [0.717, 1.165) is 0 Å². The zero-order valence-electron chi connectivity index (χ0n) is 36.4. The Kier molecular flexibility index (Phi) is 1450. The Balaban J connectivity index is -0.00000000186. The standard InChI is InChI=1S/11CH4.35K.H2S/h11*1H4;;;;;;;;;;;;;;;;;;;;;;;;;;;;;;;;;;;;1H2/q;;;;;;;;;;;;;;;;;;;;;;;;;;;;;;;;;;;;;;;;;5*+1;/p-1/i/hT. The third-order valence-electron chi connectivity index (χ3n) is 0. The van der Waals surface area contributed by atoms with Crippen LogP contribution in [0, 0.1) is 0 Å². The van der Waals surface area contributed by atoms with Crippen LogP contribution >= 0.6 is 0 Å². The van der Waals surface area contributed by atoms with Crippen LogP contribution in [-0.4, -0.2) is 948 Å². The fourth-order valence-corrected chi connectivity index (χ4v) is 0. The average molecular weight is 1580 g/mol. The van der Waals surface area contributed by atoms with Gasteiger partial charge in [0.05, 0.1) is 0 Å². The topological polar surface area (TPSA) is 0 Å². The van der Waals surface area contributed by atoms with Crippen molar-refractivity contribution in [1.82, 2.24) is 0 Å². The number of rotatable bonds is 0. The van der Waals surface area contributed by atoms with E-state index in [0.29, 0.717) is 0 Å². The minimum atomic E-state index is 0. The SMILES string of the molecule is C.C.C.C.C.C.C.C.C.C.C.[3H][S-].[K+].[K+].[K+].[K+].[K+].[K][K].[K][K].[K][K].[K][K].[K][K].[K][K].[K][K].[K][K].[K][K].[K][K].[K][K].[K][K].[K][K].[K][K].[K][K]. The summed E-state index contributed by atoms with van der Waals surface area (Å²) in [5, 5.41) is 0. The predicted molar refractivity (Wildman–Crippen MR) is 255 cm³/mol. The molecule has 0 fully saturated rings. The molecular formula is C11H45K35S+4. The second-order valence-corrected chi connectivity index (χ2v) is 0. The van der Waals surface area contributed by atoms with Crippen LogP contribution in [0.4, 0.5) is 0 Å². The van der Waals surface area contributed by atoms with Crippen molar-refractivity contribution in [2.24, 2.45) is 0 Å². The second-order valence-electron chi connectivity index (χ2n) is 0. The molecule has 126 valence electrons. The molecule has 0 aromatic heterocycles. The summed E-state index contributed by atoms with van der Waals surface area (Å²) in [5.74, 6) is 0. The molecule has 36 heteroatoms. The molecule has 0 aromatic carbocycles. The first-order valence-electron chi connectivity index (χ1n) is 15.4. The van der Waals surface area contributed by atoms with Crippen molar-refractivity contribution < 1.29 is 257 Å². The Labute approximate surface area is 1210 Å². The number of thiol groups is 1. The normalized spacial score (nSPS) is 2.70. The molecular weight excluding hydrogens is 1530 g/mol. The van der Waals surface area contributed by atoms with E-state index in [-0.39, 0.29) is 339 Å². The molecule has 0 spiro atoms. The minimum absolute atomic E-state index is 0. The van der Waals surface area contributed by atoms with Crippen molar-refractivity contribution in [3.63, 3.8) is 0 Å². The van der Waals surface area contributed by atoms with Gasteiger partial charge in [0.15, 0.2) is 0 Å². The molecule has 0 bridgehead atoms. The van der Waals surface area contributed by atoms with Crippen LogP contribution in [0.2, 0.25) is 0 Å². The monoisotopic (exact) mass is 1580 g/mol. The molecule has 0 rings (SSSR count). The van der Waals surface area contributed by atoms with Crippen molar-refractivity contribution in [2.75, 3.05) is 0 Å². The molecule has 0 aliphatic carbocycles. The van der Waals surface area contributed by atoms with Gasteiger partial charge in [-0.2, -0.15) is 1.12 Å². The molecule has 0 saturated heterocycles. The van der Waals surface area contributed by atoms with E-state index < -0.39 is 0 Å². The van der Waals surface area contributed by atoms with Crippen LogP contribution in [0.3, 0.4) is 0 Å². The Morgan fingerprint density at radius 2 is 0.149 bits per heavy atom. The molecule has 0 unspecified atom stereocenters. The van der Waals surface area contributed by atoms with Gasteiger partial charge in [-0.05, 0) is 0 Å². The van der Waals surface area contributed by atoms with Crippen LogP contribution in [0.15, 0.2) is 0 Å². The molecule has 0 saturated carbocycles. The molecule has 0 heterocycles. The van der Waals surface area contributed by atoms with Crippen LogP contribution in [0.1, 0.15) is 81.7 Å². The summed E-state index contributed by atoms with van der Waals surface area (Å²) >= 11 is 40.8. The van der Waals surface area contributed by atoms with E-state index in [1.54, 1.807) is 0 Å². The zero-order valence-corrected chi connectivity index (χ0v) is 146. The summed E-state index contributed by atoms with van der Waals surface area (Å²) in [6.45, 7) is 0. The number of hydrogen-bond acceptors (Lipinski definition) is 1. The maximum absolute atomic E-state index is 5.33. The van der Waals surface area contributed by atoms with Crippen LogP contribution in [-0.2, 0) is 13.4 Å². The Bertz CT molecular complexity index is 50.5. The van der Waals surface area contributed by atoms with Gasteiger partial charge in [-0.25, -0.2) is 0 Å². The molecule has 0 N–H and O–H groups in total. The van der Waals surface area contributed by atoms with Gasteiger partial charge in [0.1, 0.15) is 0 Å². The van der Waals surface area contributed by atoms with E-state index in [1.165, 1.54) is 947 Å². The third kappa shape index (κ3) is 322. The molecule has 0 nitrogen and oxygen atoms in total. The molecule has 47 heavy (non-hydrogen) atoms. The fraction of sp³-hybridized carbons (Fsp3) is 1.00. The second kappa shape index (κ2) is 329. The van der Waals surface area contributed by atoms with E-state index in [2.05, 4.69) is 13.4 Å². The van der Waals surface area contributed by atoms with E-state index >= 15 is 0 Å². The van der Waals surface area contributed by atoms with E-state index in [1.807, 2.05) is 0 Å². The van der Waals surface area contributed by atoms with Gasteiger partial charge in [0.25, 0.3) is 0 Å². The van der Waals surface area contributed by atoms with Gasteiger partial charge in [-0.1, -0.05) is 81.7 Å². The first-order chi connectivity index (χ1) is 16.0. The van der Waals surface area contributed by atoms with Gasteiger partial charge < -0.3 is 13.4 Å². The van der Waals surface area contributed by atoms with Gasteiger partial charge in [0.2, 0.25) is 0 Å². The van der Waals surface area contributed by atoms with Crippen molar-refractivity contribution in [3.8, 4) is 0 Å². The summed E-state index contributed by atoms with van der Waals surface area (Å²) in [6.07, 6.45) is 0. The molecule has 0 amide bonds. The first kappa shape index (κ1) is 207. The predicted octanol–water partition coefficient (Wildman–Crippen LogP) is -19.7. The molecule has 0 radical (unpaired) electrons. The van der Waals surface area contributed by atoms with Crippen LogP contribution < -0.4 is 257 Å². The summed E-state index contributed by atoms with van der Waals surface area (Å²) in [6, 6.07) is 0. The summed E-state index contributed by atoms with van der Waals surface area (Å²) in [5.41, 5.74) is 0. The van der Waals surface area contributed by atoms with Crippen molar-refractivity contribution in [3.05, 3.63) is 0 Å². The molecule has 0 aromatic rings. The van der Waals surface area contributed by atoms with E-state index in [4.69, 9.17) is 1.12 Å². The van der Waals surface area contributed by atoms with Gasteiger partial charge in [0, 0.05) is 0 Å². The maximum atomic E-state index is 5.33. The van der Waals surface area contributed by atoms with Gasteiger partial charge in [-0.3, -0.25) is 0 Å². The van der Waals surface area contributed by atoms with E-state index in [9.17, 15) is 0 Å². The Morgan fingerprint density at radius 1 is 0.149 bits per heavy atom. The van der Waals surface area contributed by atoms with Crippen LogP contribution in [0.25, 0.3) is 0 Å². The summed E-state index contributed by atoms with van der Waals surface area (Å²) in [7, 11) is 0. The number of hydrogen-bond donors (Lipinski definition) is 0. The summed E-state index contributed by atoms with van der Waals surface area (Å²) in [4.78, 5) is 0. The van der Waals surface area contributed by atoms with Gasteiger partial charge >= 0.3 is 1200 Å². The van der Waals surface area contributed by atoms with Crippen molar-refractivity contribution in [1.29, 1.82) is 1.12 Å². The molecule has 0 atom stereocenters. The summed E-state index contributed by atoms with van der Waals surface area (Å²) < 4.78 is 5.33. The fourth-order valence-electron chi connectivity index (χ4n) is 0. The zero-order chi connectivity index (χ0) is 32.0. The quantitative estimate of drug-likeness (QED) is 0.132. The average Bonchev–Trinajstić information content (AvgIpc) is 3.05. The Hall–Kier alpha value is 57.6. The third-order valence-corrected chi connectivity index (χ3v) is 0. The Morgan fingerprint density at radius 3 is 0.149 bits per heavy atom. The molecule has 0 aliphatic heterocycles. The van der Waals surface area contributed by atoms with Crippen LogP contribution in [0.5, 0.6) is 0 Å². The molecule has 0 aliphatic rings. The van der Waals surface area contributed by atoms with Gasteiger partial charge in [-0.15, -0.1) is 0 Å². The first-order valence-corrected chi connectivity index (χ1v) is 255.